The number of fused-ring (bicyclic) bond motifs is 3. The van der Waals surface area contributed by atoms with Crippen LogP contribution in [0.4, 0.5) is 0 Å². The molecular formula is C15H22O3. The molecule has 5 atom stereocenters. The van der Waals surface area contributed by atoms with Crippen molar-refractivity contribution in [1.82, 2.24) is 0 Å². The van der Waals surface area contributed by atoms with Crippen LogP contribution in [0.25, 0.3) is 0 Å². The van der Waals surface area contributed by atoms with Crippen molar-refractivity contribution in [3.05, 3.63) is 12.2 Å². The van der Waals surface area contributed by atoms with Gasteiger partial charge in [-0.2, -0.15) is 0 Å². The summed E-state index contributed by atoms with van der Waals surface area (Å²) in [4.78, 5) is 11.7. The van der Waals surface area contributed by atoms with Crippen LogP contribution < -0.4 is 0 Å². The van der Waals surface area contributed by atoms with Crippen molar-refractivity contribution in [3.63, 3.8) is 0 Å². The molecule has 3 fully saturated rings. The van der Waals surface area contributed by atoms with Crippen LogP contribution in [0.5, 0.6) is 0 Å². The molecule has 2 aliphatic carbocycles. The molecule has 0 bridgehead atoms. The van der Waals surface area contributed by atoms with Gasteiger partial charge in [-0.25, -0.2) is 4.79 Å². The molecule has 2 saturated carbocycles. The van der Waals surface area contributed by atoms with Crippen molar-refractivity contribution < 1.29 is 14.6 Å². The summed E-state index contributed by atoms with van der Waals surface area (Å²) in [6.07, 6.45) is 4.87. The Bertz CT molecular complexity index is 412. The van der Waals surface area contributed by atoms with Gasteiger partial charge in [-0.15, -0.1) is 0 Å². The van der Waals surface area contributed by atoms with Crippen LogP contribution in [-0.4, -0.2) is 22.8 Å². The molecule has 3 aliphatic rings. The van der Waals surface area contributed by atoms with E-state index in [1.54, 1.807) is 0 Å². The summed E-state index contributed by atoms with van der Waals surface area (Å²) < 4.78 is 5.55. The molecule has 1 saturated heterocycles. The first-order valence-electron chi connectivity index (χ1n) is 6.97. The minimum Gasteiger partial charge on any atom is -0.458 e. The molecule has 1 heterocycles. The fraction of sp³-hybridized carbons (Fsp3) is 0.800. The average Bonchev–Trinajstić information content (AvgIpc) is 2.52. The highest BCUT2D eigenvalue weighted by Gasteiger charge is 2.60. The first-order valence-corrected chi connectivity index (χ1v) is 6.97. The Morgan fingerprint density at radius 3 is 2.78 bits per heavy atom. The van der Waals surface area contributed by atoms with Crippen LogP contribution in [0.3, 0.4) is 0 Å². The van der Waals surface area contributed by atoms with Crippen molar-refractivity contribution in [2.24, 2.45) is 17.3 Å². The van der Waals surface area contributed by atoms with Gasteiger partial charge in [0.15, 0.2) is 0 Å². The van der Waals surface area contributed by atoms with E-state index in [2.05, 4.69) is 13.5 Å². The number of carbonyl (C=O) groups is 1. The van der Waals surface area contributed by atoms with Crippen LogP contribution in [0, 0.1) is 17.3 Å². The van der Waals surface area contributed by atoms with Crippen LogP contribution in [0.15, 0.2) is 12.2 Å². The third kappa shape index (κ3) is 1.49. The molecule has 0 radical (unpaired) electrons. The van der Waals surface area contributed by atoms with Gasteiger partial charge in [-0.3, -0.25) is 0 Å². The smallest absolute Gasteiger partial charge is 0.334 e. The monoisotopic (exact) mass is 250 g/mol. The number of aliphatic hydroxyl groups is 1. The molecule has 1 N–H and O–H groups in total. The zero-order chi connectivity index (χ0) is 13.1. The van der Waals surface area contributed by atoms with E-state index in [0.29, 0.717) is 5.57 Å². The molecule has 0 aromatic rings. The highest BCUT2D eigenvalue weighted by atomic mass is 16.6. The number of esters is 1. The van der Waals surface area contributed by atoms with Crippen molar-refractivity contribution >= 4 is 5.97 Å². The van der Waals surface area contributed by atoms with E-state index < -0.39 is 5.60 Å². The Morgan fingerprint density at radius 2 is 2.06 bits per heavy atom. The van der Waals surface area contributed by atoms with Crippen LogP contribution in [0.1, 0.15) is 46.0 Å². The van der Waals surface area contributed by atoms with Gasteiger partial charge in [-0.1, -0.05) is 19.9 Å². The molecule has 100 valence electrons. The second-order valence-corrected chi connectivity index (χ2v) is 6.88. The lowest BCUT2D eigenvalue weighted by Gasteiger charge is -2.55. The number of carbonyl (C=O) groups excluding carboxylic acids is 1. The van der Waals surface area contributed by atoms with E-state index in [1.165, 1.54) is 0 Å². The van der Waals surface area contributed by atoms with Gasteiger partial charge in [-0.05, 0) is 38.0 Å². The molecule has 18 heavy (non-hydrogen) atoms. The Morgan fingerprint density at radius 1 is 1.33 bits per heavy atom. The minimum absolute atomic E-state index is 0.0562. The predicted octanol–water partition coefficient (Wildman–Crippen LogP) is 2.44. The molecule has 0 amide bonds. The van der Waals surface area contributed by atoms with Crippen molar-refractivity contribution in [1.29, 1.82) is 0 Å². The Kier molecular flexibility index (Phi) is 2.44. The van der Waals surface area contributed by atoms with Gasteiger partial charge >= 0.3 is 5.97 Å². The molecule has 0 aromatic carbocycles. The quantitative estimate of drug-likeness (QED) is 0.530. The largest absolute Gasteiger partial charge is 0.458 e. The Hall–Kier alpha value is -0.830. The van der Waals surface area contributed by atoms with Gasteiger partial charge in [0.2, 0.25) is 0 Å². The third-order valence-corrected chi connectivity index (χ3v) is 5.56. The van der Waals surface area contributed by atoms with E-state index in [9.17, 15) is 9.90 Å². The molecule has 1 aliphatic heterocycles. The molecule has 0 unspecified atom stereocenters. The predicted molar refractivity (Wildman–Crippen MR) is 67.8 cm³/mol. The maximum absolute atomic E-state index is 11.7. The second-order valence-electron chi connectivity index (χ2n) is 6.88. The van der Waals surface area contributed by atoms with Gasteiger partial charge in [0.1, 0.15) is 6.10 Å². The number of hydrogen-bond donors (Lipinski definition) is 1. The van der Waals surface area contributed by atoms with Crippen molar-refractivity contribution in [2.75, 3.05) is 0 Å². The van der Waals surface area contributed by atoms with Crippen molar-refractivity contribution in [2.45, 2.75) is 57.7 Å². The summed E-state index contributed by atoms with van der Waals surface area (Å²) in [5.41, 5.74) is -0.00174. The summed E-state index contributed by atoms with van der Waals surface area (Å²) in [6, 6.07) is 0. The lowest BCUT2D eigenvalue weighted by Crippen LogP contribution is -2.57. The van der Waals surface area contributed by atoms with Crippen LogP contribution >= 0.6 is 0 Å². The van der Waals surface area contributed by atoms with Crippen LogP contribution in [0.2, 0.25) is 0 Å². The zero-order valence-corrected chi connectivity index (χ0v) is 11.2. The summed E-state index contributed by atoms with van der Waals surface area (Å²) in [5, 5.41) is 10.7. The normalized spacial score (nSPS) is 51.6. The van der Waals surface area contributed by atoms with Gasteiger partial charge < -0.3 is 9.84 Å². The lowest BCUT2D eigenvalue weighted by molar-refractivity contribution is -0.181. The van der Waals surface area contributed by atoms with Crippen LogP contribution in [-0.2, 0) is 9.53 Å². The minimum atomic E-state index is -0.721. The summed E-state index contributed by atoms with van der Waals surface area (Å²) in [6.45, 7) is 8.03. The lowest BCUT2D eigenvalue weighted by atomic mass is 9.52. The number of ether oxygens (including phenoxy) is 1. The maximum atomic E-state index is 11.7. The first kappa shape index (κ1) is 12.2. The van der Waals surface area contributed by atoms with E-state index >= 15 is 0 Å². The highest BCUT2D eigenvalue weighted by molar-refractivity contribution is 5.90. The molecule has 3 rings (SSSR count). The summed E-state index contributed by atoms with van der Waals surface area (Å²) in [7, 11) is 0. The fourth-order valence-electron chi connectivity index (χ4n) is 4.70. The van der Waals surface area contributed by atoms with E-state index in [4.69, 9.17) is 4.74 Å². The summed E-state index contributed by atoms with van der Waals surface area (Å²) >= 11 is 0. The van der Waals surface area contributed by atoms with Gasteiger partial charge in [0, 0.05) is 17.4 Å². The SMILES string of the molecule is C=C1C(=O)O[C@@H]2[C@@H]3[C@@](C)(CCC[C@@]3(C)O)CC[C@@H]12. The second kappa shape index (κ2) is 3.60. The topological polar surface area (TPSA) is 46.5 Å². The molecule has 0 aromatic heterocycles. The Balaban J connectivity index is 2.00. The highest BCUT2D eigenvalue weighted by Crippen LogP contribution is 2.58. The van der Waals surface area contributed by atoms with E-state index in [0.717, 1.165) is 32.1 Å². The van der Waals surface area contributed by atoms with Gasteiger partial charge in [0.05, 0.1) is 5.60 Å². The molecular weight excluding hydrogens is 228 g/mol. The third-order valence-electron chi connectivity index (χ3n) is 5.56. The van der Waals surface area contributed by atoms with E-state index in [1.807, 2.05) is 6.92 Å². The number of hydrogen-bond acceptors (Lipinski definition) is 3. The first-order chi connectivity index (χ1) is 8.35. The standard InChI is InChI=1S/C15H22O3/c1-9-10-5-8-14(2)6-4-7-15(3,17)12(14)11(10)18-13(9)16/h10-12,17H,1,4-8H2,2-3H3/t10-,11-,12+,14-,15+/m0/s1. The zero-order valence-electron chi connectivity index (χ0n) is 11.2. The van der Waals surface area contributed by atoms with Crippen molar-refractivity contribution in [3.8, 4) is 0 Å². The maximum Gasteiger partial charge on any atom is 0.334 e. The molecule has 3 nitrogen and oxygen atoms in total. The summed E-state index contributed by atoms with van der Waals surface area (Å²) in [5.74, 6) is -0.0727. The number of rotatable bonds is 0. The van der Waals surface area contributed by atoms with E-state index in [-0.39, 0.29) is 29.3 Å². The molecule has 3 heteroatoms. The molecule has 0 spiro atoms. The van der Waals surface area contributed by atoms with Gasteiger partial charge in [0.25, 0.3) is 0 Å². The Labute approximate surface area is 108 Å². The fourth-order valence-corrected chi connectivity index (χ4v) is 4.70. The average molecular weight is 250 g/mol.